The summed E-state index contributed by atoms with van der Waals surface area (Å²) >= 11 is 1.61. The summed E-state index contributed by atoms with van der Waals surface area (Å²) in [5.74, 6) is -0.0953. The number of rotatable bonds is 6. The number of nitrogens with zero attached hydrogens (tertiary/aromatic N) is 1. The maximum Gasteiger partial charge on any atom is 0.410 e. The van der Waals surface area contributed by atoms with Gasteiger partial charge in [0.15, 0.2) is 0 Å². The van der Waals surface area contributed by atoms with Gasteiger partial charge < -0.3 is 30.2 Å². The number of phenols is 1. The predicted octanol–water partition coefficient (Wildman–Crippen LogP) is 4.96. The highest BCUT2D eigenvalue weighted by molar-refractivity contribution is 7.17. The molecule has 2 heterocycles. The molecule has 0 aliphatic heterocycles. The number of aliphatic hydroxyl groups excluding tert-OH is 1. The maximum absolute atomic E-state index is 13.2. The van der Waals surface area contributed by atoms with E-state index in [-0.39, 0.29) is 29.9 Å². The molecule has 35 heavy (non-hydrogen) atoms. The first-order chi connectivity index (χ1) is 16.6. The third-order valence-corrected chi connectivity index (χ3v) is 6.60. The number of nitrogens with one attached hydrogen (secondary N) is 2. The molecule has 0 spiro atoms. The fraction of sp³-hybridized carbons (Fsp3) is 0.308. The molecule has 0 aliphatic rings. The molecule has 0 fully saturated rings. The Hall–Kier alpha value is -3.56. The van der Waals surface area contributed by atoms with E-state index in [2.05, 4.69) is 10.3 Å². The number of carbonyl (C=O) groups is 1. The van der Waals surface area contributed by atoms with Crippen LogP contribution >= 0.6 is 11.3 Å². The van der Waals surface area contributed by atoms with E-state index < -0.39 is 17.8 Å². The number of aromatic hydroxyl groups is 1. The Kier molecular flexibility index (Phi) is 6.73. The zero-order chi connectivity index (χ0) is 25.3. The van der Waals surface area contributed by atoms with Gasteiger partial charge in [-0.25, -0.2) is 4.79 Å². The summed E-state index contributed by atoms with van der Waals surface area (Å²) in [5.41, 5.74) is 1.58. The van der Waals surface area contributed by atoms with Gasteiger partial charge in [-0.1, -0.05) is 12.1 Å². The second-order valence-electron chi connectivity index (χ2n) is 9.35. The number of hydrogen-bond acceptors (Lipinski definition) is 7. The third kappa shape index (κ3) is 5.26. The van der Waals surface area contributed by atoms with Crippen molar-refractivity contribution < 1.29 is 19.7 Å². The van der Waals surface area contributed by atoms with Crippen LogP contribution in [0.4, 0.5) is 10.5 Å². The van der Waals surface area contributed by atoms with Crippen molar-refractivity contribution in [2.75, 3.05) is 18.9 Å². The van der Waals surface area contributed by atoms with Crippen molar-refractivity contribution in [3.63, 3.8) is 0 Å². The Morgan fingerprint density at radius 3 is 2.63 bits per heavy atom. The van der Waals surface area contributed by atoms with Crippen molar-refractivity contribution in [1.29, 1.82) is 0 Å². The smallest absolute Gasteiger partial charge is 0.410 e. The first-order valence-corrected chi connectivity index (χ1v) is 12.1. The lowest BCUT2D eigenvalue weighted by atomic mass is 10.0. The summed E-state index contributed by atoms with van der Waals surface area (Å²) in [4.78, 5) is 29.0. The molecule has 8 nitrogen and oxygen atoms in total. The van der Waals surface area contributed by atoms with Crippen molar-refractivity contribution in [1.82, 2.24) is 9.88 Å². The van der Waals surface area contributed by atoms with Crippen LogP contribution in [0.1, 0.15) is 38.0 Å². The summed E-state index contributed by atoms with van der Waals surface area (Å²) in [6.07, 6.45) is -1.64. The molecule has 2 aromatic carbocycles. The van der Waals surface area contributed by atoms with Gasteiger partial charge in [-0.05, 0) is 66.9 Å². The number of hydrogen-bond donors (Lipinski definition) is 4. The minimum absolute atomic E-state index is 0.0483. The molecule has 1 unspecified atom stereocenters. The Morgan fingerprint density at radius 1 is 1.14 bits per heavy atom. The number of ether oxygens (including phenoxy) is 1. The topological polar surface area (TPSA) is 115 Å². The van der Waals surface area contributed by atoms with Crippen molar-refractivity contribution >= 4 is 44.1 Å². The van der Waals surface area contributed by atoms with Gasteiger partial charge in [0, 0.05) is 25.0 Å². The quantitative estimate of drug-likeness (QED) is 0.301. The van der Waals surface area contributed by atoms with E-state index in [1.807, 2.05) is 30.6 Å². The van der Waals surface area contributed by atoms with Crippen LogP contribution in [0.3, 0.4) is 0 Å². The highest BCUT2D eigenvalue weighted by Crippen LogP contribution is 2.33. The van der Waals surface area contributed by atoms with Gasteiger partial charge in [0.2, 0.25) is 5.56 Å². The zero-order valence-electron chi connectivity index (χ0n) is 20.1. The molecule has 4 rings (SSSR count). The van der Waals surface area contributed by atoms with Crippen LogP contribution in [0, 0.1) is 0 Å². The number of thiophene rings is 1. The normalized spacial score (nSPS) is 12.6. The van der Waals surface area contributed by atoms with Gasteiger partial charge in [0.25, 0.3) is 0 Å². The molecule has 0 aliphatic carbocycles. The second-order valence-corrected chi connectivity index (χ2v) is 10.3. The van der Waals surface area contributed by atoms with Crippen LogP contribution in [0.5, 0.6) is 5.75 Å². The van der Waals surface area contributed by atoms with Gasteiger partial charge in [0.05, 0.1) is 28.6 Å². The number of benzene rings is 2. The van der Waals surface area contributed by atoms with E-state index >= 15 is 0 Å². The molecular weight excluding hydrogens is 466 g/mol. The fourth-order valence-electron chi connectivity index (χ4n) is 4.05. The minimum Gasteiger partial charge on any atom is -0.506 e. The van der Waals surface area contributed by atoms with Crippen molar-refractivity contribution in [2.24, 2.45) is 0 Å². The van der Waals surface area contributed by atoms with Gasteiger partial charge in [0.1, 0.15) is 11.4 Å². The average molecular weight is 496 g/mol. The molecule has 2 aromatic heterocycles. The summed E-state index contributed by atoms with van der Waals surface area (Å²) in [5, 5.41) is 28.1. The van der Waals surface area contributed by atoms with Crippen LogP contribution in [-0.4, -0.2) is 45.4 Å². The summed E-state index contributed by atoms with van der Waals surface area (Å²) in [6, 6.07) is 11.8. The van der Waals surface area contributed by atoms with Crippen molar-refractivity contribution in [3.8, 4) is 5.75 Å². The molecular formula is C26H29N3O5S. The molecule has 1 amide bonds. The number of H-pyrrole nitrogens is 1. The van der Waals surface area contributed by atoms with E-state index in [1.54, 1.807) is 44.2 Å². The van der Waals surface area contributed by atoms with Gasteiger partial charge in [-0.15, -0.1) is 11.3 Å². The monoisotopic (exact) mass is 495 g/mol. The molecule has 0 bridgehead atoms. The van der Waals surface area contributed by atoms with Gasteiger partial charge >= 0.3 is 6.09 Å². The number of aromatic amines is 1. The minimum atomic E-state index is -1.09. The van der Waals surface area contributed by atoms with Crippen molar-refractivity contribution in [2.45, 2.75) is 39.0 Å². The largest absolute Gasteiger partial charge is 0.506 e. The van der Waals surface area contributed by atoms with Crippen LogP contribution in [-0.2, 0) is 11.3 Å². The molecule has 1 atom stereocenters. The van der Waals surface area contributed by atoms with Crippen LogP contribution in [0.15, 0.2) is 52.6 Å². The summed E-state index contributed by atoms with van der Waals surface area (Å²) < 4.78 is 6.73. The number of aromatic nitrogens is 1. The molecule has 0 radical (unpaired) electrons. The lowest BCUT2D eigenvalue weighted by molar-refractivity contribution is 0.0126. The van der Waals surface area contributed by atoms with Crippen LogP contribution < -0.4 is 10.9 Å². The van der Waals surface area contributed by atoms with E-state index in [1.165, 1.54) is 17.0 Å². The summed E-state index contributed by atoms with van der Waals surface area (Å²) in [6.45, 7) is 5.57. The number of pyridine rings is 1. The lowest BCUT2D eigenvalue weighted by Crippen LogP contribution is -2.38. The van der Waals surface area contributed by atoms with E-state index in [0.29, 0.717) is 10.9 Å². The van der Waals surface area contributed by atoms with Gasteiger partial charge in [-0.2, -0.15) is 0 Å². The van der Waals surface area contributed by atoms with E-state index in [9.17, 15) is 19.8 Å². The highest BCUT2D eigenvalue weighted by atomic mass is 32.1. The summed E-state index contributed by atoms with van der Waals surface area (Å²) in [7, 11) is 1.87. The second kappa shape index (κ2) is 9.59. The van der Waals surface area contributed by atoms with Crippen LogP contribution in [0.25, 0.3) is 21.0 Å². The first kappa shape index (κ1) is 24.6. The molecule has 9 heteroatoms. The first-order valence-electron chi connectivity index (χ1n) is 11.2. The van der Waals surface area contributed by atoms with E-state index in [0.717, 1.165) is 21.3 Å². The highest BCUT2D eigenvalue weighted by Gasteiger charge is 2.26. The van der Waals surface area contributed by atoms with E-state index in [4.69, 9.17) is 4.74 Å². The molecule has 4 N–H and O–H groups in total. The Morgan fingerprint density at radius 2 is 1.91 bits per heavy atom. The number of aliphatic hydroxyl groups is 1. The lowest BCUT2D eigenvalue weighted by Gasteiger charge is -2.29. The SMILES string of the molecule is CNc1ccc(CN(CC(O)c2ccc(O)c3[nH]c(=O)ccc23)C(=O)OC(C)(C)C)c2ccsc12. The number of anilines is 1. The molecule has 184 valence electrons. The number of carbonyl (C=O) groups excluding carboxylic acids is 1. The third-order valence-electron chi connectivity index (χ3n) is 5.65. The Balaban J connectivity index is 1.70. The number of phenolic OH excluding ortho intramolecular Hbond substituents is 1. The number of amides is 1. The van der Waals surface area contributed by atoms with Crippen molar-refractivity contribution in [3.05, 3.63) is 69.3 Å². The Bertz CT molecular complexity index is 1440. The fourth-order valence-corrected chi connectivity index (χ4v) is 5.01. The number of fused-ring (bicyclic) bond motifs is 2. The maximum atomic E-state index is 13.2. The molecule has 0 saturated heterocycles. The van der Waals surface area contributed by atoms with Crippen LogP contribution in [0.2, 0.25) is 0 Å². The standard InChI is InChI=1S/C26H29N3O5S/c1-26(2,3)34-25(33)29(13-15-5-8-19(27-4)24-16(15)11-12-35-24)14-21(31)17-6-9-20(30)23-18(17)7-10-22(32)28-23/h5-12,21,27,30-31H,13-14H2,1-4H3,(H,28,32). The predicted molar refractivity (Wildman–Crippen MR) is 139 cm³/mol. The Labute approximate surface area is 206 Å². The molecule has 4 aromatic rings. The zero-order valence-corrected chi connectivity index (χ0v) is 20.9. The molecule has 0 saturated carbocycles. The van der Waals surface area contributed by atoms with Gasteiger partial charge in [-0.3, -0.25) is 4.79 Å². The average Bonchev–Trinajstić information content (AvgIpc) is 3.28.